The van der Waals surface area contributed by atoms with Crippen LogP contribution in [0.15, 0.2) is 42.5 Å². The molecule has 0 saturated carbocycles. The third-order valence-electron chi connectivity index (χ3n) is 2.76. The Morgan fingerprint density at radius 2 is 2.00 bits per heavy atom. The first-order valence-corrected chi connectivity index (χ1v) is 7.70. The molecule has 0 atom stereocenters. The second-order valence-electron chi connectivity index (χ2n) is 4.24. The SMILES string of the molecule is COc1ccc(C(=O)NC(=S)Nc2ccccc2F)cc1I. The number of rotatable bonds is 3. The van der Waals surface area contributed by atoms with E-state index in [4.69, 9.17) is 17.0 Å². The molecular formula is C15H12FIN2O2S. The summed E-state index contributed by atoms with van der Waals surface area (Å²) in [5.41, 5.74) is 0.639. The molecule has 0 aliphatic carbocycles. The van der Waals surface area contributed by atoms with Gasteiger partial charge in [-0.2, -0.15) is 0 Å². The Morgan fingerprint density at radius 1 is 1.27 bits per heavy atom. The summed E-state index contributed by atoms with van der Waals surface area (Å²) in [5.74, 6) is -0.142. The number of ether oxygens (including phenoxy) is 1. The molecule has 0 aliphatic heterocycles. The number of hydrogen-bond acceptors (Lipinski definition) is 3. The number of methoxy groups -OCH3 is 1. The highest BCUT2D eigenvalue weighted by atomic mass is 127. The molecule has 0 saturated heterocycles. The maximum atomic E-state index is 13.5. The Balaban J connectivity index is 2.04. The second kappa shape index (κ2) is 7.50. The van der Waals surface area contributed by atoms with Crippen molar-refractivity contribution in [1.82, 2.24) is 5.32 Å². The normalized spacial score (nSPS) is 9.95. The number of carbonyl (C=O) groups excluding carboxylic acids is 1. The molecule has 2 rings (SSSR count). The Morgan fingerprint density at radius 3 is 2.64 bits per heavy atom. The van der Waals surface area contributed by atoms with Crippen LogP contribution in [0.3, 0.4) is 0 Å². The first kappa shape index (κ1) is 16.6. The average molecular weight is 430 g/mol. The molecule has 7 heteroatoms. The van der Waals surface area contributed by atoms with Gasteiger partial charge in [0.1, 0.15) is 11.6 Å². The van der Waals surface area contributed by atoms with Crippen LogP contribution in [0.4, 0.5) is 10.1 Å². The molecule has 22 heavy (non-hydrogen) atoms. The van der Waals surface area contributed by atoms with E-state index in [1.165, 1.54) is 12.1 Å². The predicted molar refractivity (Wildman–Crippen MR) is 95.8 cm³/mol. The van der Waals surface area contributed by atoms with Gasteiger partial charge in [-0.05, 0) is 65.1 Å². The topological polar surface area (TPSA) is 50.4 Å². The third kappa shape index (κ3) is 4.14. The van der Waals surface area contributed by atoms with Crippen LogP contribution < -0.4 is 15.4 Å². The van der Waals surface area contributed by atoms with E-state index >= 15 is 0 Å². The number of thiocarbonyl (C=S) groups is 1. The number of anilines is 1. The lowest BCUT2D eigenvalue weighted by Crippen LogP contribution is -2.34. The van der Waals surface area contributed by atoms with Crippen LogP contribution >= 0.6 is 34.8 Å². The van der Waals surface area contributed by atoms with Gasteiger partial charge in [-0.1, -0.05) is 12.1 Å². The minimum absolute atomic E-state index is 0.0286. The van der Waals surface area contributed by atoms with Crippen molar-refractivity contribution in [3.05, 3.63) is 57.4 Å². The van der Waals surface area contributed by atoms with Crippen LogP contribution in [-0.4, -0.2) is 18.1 Å². The summed E-state index contributed by atoms with van der Waals surface area (Å²) < 4.78 is 19.4. The first-order chi connectivity index (χ1) is 10.5. The number of carbonyl (C=O) groups is 1. The summed E-state index contributed by atoms with van der Waals surface area (Å²) in [4.78, 5) is 12.1. The first-order valence-electron chi connectivity index (χ1n) is 6.21. The minimum Gasteiger partial charge on any atom is -0.496 e. The van der Waals surface area contributed by atoms with E-state index in [1.54, 1.807) is 37.4 Å². The summed E-state index contributed by atoms with van der Waals surface area (Å²) in [6, 6.07) is 11.1. The number of hydrogen-bond donors (Lipinski definition) is 2. The van der Waals surface area contributed by atoms with Crippen molar-refractivity contribution in [1.29, 1.82) is 0 Å². The van der Waals surface area contributed by atoms with Crippen LogP contribution in [0.1, 0.15) is 10.4 Å². The Bertz CT molecular complexity index is 724. The van der Waals surface area contributed by atoms with Gasteiger partial charge in [0, 0.05) is 5.56 Å². The molecule has 0 aliphatic rings. The zero-order valence-corrected chi connectivity index (χ0v) is 14.5. The third-order valence-corrected chi connectivity index (χ3v) is 3.81. The van der Waals surface area contributed by atoms with Gasteiger partial charge in [-0.3, -0.25) is 10.1 Å². The lowest BCUT2D eigenvalue weighted by Gasteiger charge is -2.11. The standard InChI is InChI=1S/C15H12FIN2O2S/c1-21-13-7-6-9(8-11(13)17)14(20)19-15(22)18-12-5-3-2-4-10(12)16/h2-8H,1H3,(H2,18,19,20,22). The highest BCUT2D eigenvalue weighted by Crippen LogP contribution is 2.21. The number of halogens is 2. The van der Waals surface area contributed by atoms with Crippen molar-refractivity contribution in [2.75, 3.05) is 12.4 Å². The Labute approximate surface area is 146 Å². The summed E-state index contributed by atoms with van der Waals surface area (Å²) in [6.07, 6.45) is 0. The summed E-state index contributed by atoms with van der Waals surface area (Å²) in [5, 5.41) is 5.18. The van der Waals surface area contributed by atoms with Crippen LogP contribution in [0.25, 0.3) is 0 Å². The monoisotopic (exact) mass is 430 g/mol. The van der Waals surface area contributed by atoms with E-state index in [-0.39, 0.29) is 16.7 Å². The van der Waals surface area contributed by atoms with E-state index in [2.05, 4.69) is 33.2 Å². The summed E-state index contributed by atoms with van der Waals surface area (Å²) in [6.45, 7) is 0. The van der Waals surface area contributed by atoms with Crippen molar-refractivity contribution in [2.45, 2.75) is 0 Å². The number of nitrogens with one attached hydrogen (secondary N) is 2. The van der Waals surface area contributed by atoms with Gasteiger partial charge >= 0.3 is 0 Å². The van der Waals surface area contributed by atoms with Gasteiger partial charge in [0.05, 0.1) is 16.4 Å². The Kier molecular flexibility index (Phi) is 5.67. The summed E-state index contributed by atoms with van der Waals surface area (Å²) >= 11 is 7.09. The predicted octanol–water partition coefficient (Wildman–Crippen LogP) is 3.57. The van der Waals surface area contributed by atoms with Gasteiger partial charge in [0.15, 0.2) is 5.11 Å². The lowest BCUT2D eigenvalue weighted by molar-refractivity contribution is 0.0977. The fourth-order valence-electron chi connectivity index (χ4n) is 1.70. The fraction of sp³-hybridized carbons (Fsp3) is 0.0667. The molecule has 0 radical (unpaired) electrons. The molecule has 1 amide bonds. The number of para-hydroxylation sites is 1. The molecular weight excluding hydrogens is 418 g/mol. The van der Waals surface area contributed by atoms with Gasteiger partial charge in [0.25, 0.3) is 5.91 Å². The molecule has 114 valence electrons. The van der Waals surface area contributed by atoms with Crippen LogP contribution in [0.2, 0.25) is 0 Å². The molecule has 0 spiro atoms. The molecule has 4 nitrogen and oxygen atoms in total. The molecule has 2 aromatic carbocycles. The van der Waals surface area contributed by atoms with Crippen molar-refractivity contribution in [3.63, 3.8) is 0 Å². The van der Waals surface area contributed by atoms with Gasteiger partial charge in [-0.15, -0.1) is 0 Å². The smallest absolute Gasteiger partial charge is 0.257 e. The molecule has 0 bridgehead atoms. The molecule has 0 fully saturated rings. The minimum atomic E-state index is -0.446. The zero-order valence-electron chi connectivity index (χ0n) is 11.5. The quantitative estimate of drug-likeness (QED) is 0.578. The molecule has 2 N–H and O–H groups in total. The van der Waals surface area contributed by atoms with Crippen molar-refractivity contribution in [3.8, 4) is 5.75 Å². The van der Waals surface area contributed by atoms with Crippen molar-refractivity contribution in [2.24, 2.45) is 0 Å². The zero-order chi connectivity index (χ0) is 16.1. The molecule has 0 unspecified atom stereocenters. The summed E-state index contributed by atoms with van der Waals surface area (Å²) in [7, 11) is 1.56. The van der Waals surface area contributed by atoms with Crippen LogP contribution in [0, 0.1) is 9.39 Å². The van der Waals surface area contributed by atoms with Gasteiger partial charge in [0.2, 0.25) is 0 Å². The van der Waals surface area contributed by atoms with Gasteiger partial charge < -0.3 is 10.1 Å². The highest BCUT2D eigenvalue weighted by Gasteiger charge is 2.11. The van der Waals surface area contributed by atoms with E-state index in [1.807, 2.05) is 0 Å². The highest BCUT2D eigenvalue weighted by molar-refractivity contribution is 14.1. The van der Waals surface area contributed by atoms with Crippen molar-refractivity contribution < 1.29 is 13.9 Å². The average Bonchev–Trinajstić information content (AvgIpc) is 2.49. The van der Waals surface area contributed by atoms with E-state index in [9.17, 15) is 9.18 Å². The van der Waals surface area contributed by atoms with E-state index in [0.29, 0.717) is 11.3 Å². The van der Waals surface area contributed by atoms with Crippen LogP contribution in [0.5, 0.6) is 5.75 Å². The lowest BCUT2D eigenvalue weighted by atomic mass is 10.2. The largest absolute Gasteiger partial charge is 0.496 e. The fourth-order valence-corrected chi connectivity index (χ4v) is 2.64. The Hall–Kier alpha value is -1.74. The maximum Gasteiger partial charge on any atom is 0.257 e. The van der Waals surface area contributed by atoms with Gasteiger partial charge in [-0.25, -0.2) is 4.39 Å². The number of amides is 1. The van der Waals surface area contributed by atoms with Crippen molar-refractivity contribution >= 4 is 51.5 Å². The second-order valence-corrected chi connectivity index (χ2v) is 5.81. The van der Waals surface area contributed by atoms with E-state index < -0.39 is 5.82 Å². The molecule has 2 aromatic rings. The molecule has 0 heterocycles. The van der Waals surface area contributed by atoms with Crippen LogP contribution in [-0.2, 0) is 0 Å². The number of benzene rings is 2. The van der Waals surface area contributed by atoms with E-state index in [0.717, 1.165) is 3.57 Å². The maximum absolute atomic E-state index is 13.5. The molecule has 0 aromatic heterocycles.